The van der Waals surface area contributed by atoms with Crippen molar-refractivity contribution in [1.82, 2.24) is 10.2 Å². The summed E-state index contributed by atoms with van der Waals surface area (Å²) in [4.78, 5) is 6.55. The number of aryl methyl sites for hydroxylation is 1. The summed E-state index contributed by atoms with van der Waals surface area (Å²) < 4.78 is 0. The van der Waals surface area contributed by atoms with E-state index in [-0.39, 0.29) is 0 Å². The van der Waals surface area contributed by atoms with Crippen LogP contribution in [0.15, 0.2) is 29.3 Å². The van der Waals surface area contributed by atoms with E-state index in [1.807, 2.05) is 7.05 Å². The van der Waals surface area contributed by atoms with Gasteiger partial charge in [-0.3, -0.25) is 4.99 Å². The van der Waals surface area contributed by atoms with Crippen molar-refractivity contribution >= 4 is 5.96 Å². The summed E-state index contributed by atoms with van der Waals surface area (Å²) in [6, 6.07) is 8.52. The average Bonchev–Trinajstić information content (AvgIpc) is 3.21. The maximum atomic E-state index is 4.36. The van der Waals surface area contributed by atoms with Gasteiger partial charge in [0.2, 0.25) is 0 Å². The van der Waals surface area contributed by atoms with Gasteiger partial charge in [0, 0.05) is 27.2 Å². The molecule has 1 saturated carbocycles. The number of nitrogens with zero attached hydrogens (tertiary/aromatic N) is 2. The molecular weight excluding hydrogens is 234 g/mol. The van der Waals surface area contributed by atoms with Crippen LogP contribution in [0.25, 0.3) is 0 Å². The van der Waals surface area contributed by atoms with E-state index in [0.29, 0.717) is 0 Å². The van der Waals surface area contributed by atoms with Crippen LogP contribution in [0.1, 0.15) is 30.4 Å². The van der Waals surface area contributed by atoms with Crippen LogP contribution in [0.5, 0.6) is 0 Å². The van der Waals surface area contributed by atoms with Gasteiger partial charge in [-0.05, 0) is 30.4 Å². The fraction of sp³-hybridized carbons (Fsp3) is 0.562. The third kappa shape index (κ3) is 4.27. The van der Waals surface area contributed by atoms with Crippen molar-refractivity contribution in [2.24, 2.45) is 10.9 Å². The molecule has 1 aliphatic carbocycles. The molecular formula is C16H25N3. The first-order valence-corrected chi connectivity index (χ1v) is 7.17. The third-order valence-corrected chi connectivity index (χ3v) is 3.77. The molecule has 0 atom stereocenters. The van der Waals surface area contributed by atoms with Crippen LogP contribution in [0, 0.1) is 12.8 Å². The van der Waals surface area contributed by atoms with Crippen LogP contribution in [-0.2, 0) is 6.54 Å². The van der Waals surface area contributed by atoms with Crippen molar-refractivity contribution in [1.29, 1.82) is 0 Å². The zero-order valence-electron chi connectivity index (χ0n) is 12.3. The van der Waals surface area contributed by atoms with Gasteiger partial charge >= 0.3 is 0 Å². The second-order valence-corrected chi connectivity index (χ2v) is 5.49. The van der Waals surface area contributed by atoms with Gasteiger partial charge < -0.3 is 10.2 Å². The van der Waals surface area contributed by atoms with Crippen LogP contribution < -0.4 is 5.32 Å². The Bertz CT molecular complexity index is 435. The average molecular weight is 259 g/mol. The van der Waals surface area contributed by atoms with Gasteiger partial charge in [0.25, 0.3) is 0 Å². The molecule has 1 aromatic carbocycles. The molecule has 0 radical (unpaired) electrons. The summed E-state index contributed by atoms with van der Waals surface area (Å²) in [5.74, 6) is 1.95. The van der Waals surface area contributed by atoms with Gasteiger partial charge in [-0.2, -0.15) is 0 Å². The highest BCUT2D eigenvalue weighted by molar-refractivity contribution is 5.79. The number of rotatable bonds is 5. The smallest absolute Gasteiger partial charge is 0.193 e. The molecule has 1 N–H and O–H groups in total. The van der Waals surface area contributed by atoms with Crippen molar-refractivity contribution in [2.45, 2.75) is 32.7 Å². The summed E-state index contributed by atoms with van der Waals surface area (Å²) in [5.41, 5.74) is 2.69. The predicted octanol–water partition coefficient (Wildman–Crippen LogP) is 2.80. The molecule has 3 heteroatoms. The molecule has 0 amide bonds. The summed E-state index contributed by atoms with van der Waals surface area (Å²) in [6.07, 6.45) is 4.11. The van der Waals surface area contributed by atoms with Crippen LogP contribution in [0.3, 0.4) is 0 Å². The lowest BCUT2D eigenvalue weighted by Gasteiger charge is -2.23. The van der Waals surface area contributed by atoms with E-state index in [9.17, 15) is 0 Å². The zero-order valence-corrected chi connectivity index (χ0v) is 12.3. The lowest BCUT2D eigenvalue weighted by Crippen LogP contribution is -2.39. The van der Waals surface area contributed by atoms with E-state index in [4.69, 9.17) is 0 Å². The van der Waals surface area contributed by atoms with Gasteiger partial charge in [-0.25, -0.2) is 0 Å². The Balaban J connectivity index is 1.85. The minimum atomic E-state index is 0.899. The Hall–Kier alpha value is -1.51. The number of nitrogens with one attached hydrogen (secondary N) is 1. The van der Waals surface area contributed by atoms with Gasteiger partial charge in [0.1, 0.15) is 0 Å². The molecule has 19 heavy (non-hydrogen) atoms. The molecule has 0 aliphatic heterocycles. The zero-order chi connectivity index (χ0) is 13.7. The number of benzene rings is 1. The Kier molecular flexibility index (Phi) is 4.83. The highest BCUT2D eigenvalue weighted by Crippen LogP contribution is 2.31. The van der Waals surface area contributed by atoms with Gasteiger partial charge in [0.05, 0.1) is 0 Å². The second kappa shape index (κ2) is 6.60. The second-order valence-electron chi connectivity index (χ2n) is 5.49. The quantitative estimate of drug-likeness (QED) is 0.650. The molecule has 1 aliphatic rings. The molecule has 0 aromatic heterocycles. The number of hydrogen-bond donors (Lipinski definition) is 1. The lowest BCUT2D eigenvalue weighted by atomic mass is 10.1. The van der Waals surface area contributed by atoms with Crippen LogP contribution in [0.4, 0.5) is 0 Å². The predicted molar refractivity (Wildman–Crippen MR) is 81.3 cm³/mol. The molecule has 0 unspecified atom stereocenters. The lowest BCUT2D eigenvalue weighted by molar-refractivity contribution is 0.473. The van der Waals surface area contributed by atoms with Crippen molar-refractivity contribution in [3.8, 4) is 0 Å². The number of aliphatic imine (C=N–C) groups is 1. The van der Waals surface area contributed by atoms with E-state index in [1.165, 1.54) is 30.4 Å². The van der Waals surface area contributed by atoms with Gasteiger partial charge in [-0.15, -0.1) is 0 Å². The topological polar surface area (TPSA) is 27.6 Å². The Morgan fingerprint density at radius 3 is 2.74 bits per heavy atom. The number of hydrogen-bond acceptors (Lipinski definition) is 1. The van der Waals surface area contributed by atoms with Crippen LogP contribution in [0.2, 0.25) is 0 Å². The standard InChI is InChI=1S/C16H25N3/c1-13-6-4-5-7-15(13)12-19(3)16(17-2)18-11-10-14-8-9-14/h4-7,14H,8-12H2,1-3H3,(H,17,18). The highest BCUT2D eigenvalue weighted by atomic mass is 15.3. The van der Waals surface area contributed by atoms with Gasteiger partial charge in [0.15, 0.2) is 5.96 Å². The van der Waals surface area contributed by atoms with Crippen molar-refractivity contribution in [3.05, 3.63) is 35.4 Å². The maximum absolute atomic E-state index is 4.36. The molecule has 0 bridgehead atoms. The first-order valence-electron chi connectivity index (χ1n) is 7.17. The fourth-order valence-corrected chi connectivity index (χ4v) is 2.30. The minimum Gasteiger partial charge on any atom is -0.356 e. The Labute approximate surface area is 116 Å². The van der Waals surface area contributed by atoms with E-state index in [2.05, 4.69) is 53.4 Å². The first-order chi connectivity index (χ1) is 9.20. The SMILES string of the molecule is CN=C(NCCC1CC1)N(C)Cc1ccccc1C. The maximum Gasteiger partial charge on any atom is 0.193 e. The van der Waals surface area contributed by atoms with Crippen molar-refractivity contribution < 1.29 is 0 Å². The molecule has 0 heterocycles. The summed E-state index contributed by atoms with van der Waals surface area (Å²) in [7, 11) is 3.95. The molecule has 0 saturated heterocycles. The Morgan fingerprint density at radius 2 is 2.11 bits per heavy atom. The molecule has 0 spiro atoms. The Morgan fingerprint density at radius 1 is 1.37 bits per heavy atom. The molecule has 1 fully saturated rings. The number of guanidine groups is 1. The van der Waals surface area contributed by atoms with Gasteiger partial charge in [-0.1, -0.05) is 37.1 Å². The first kappa shape index (κ1) is 13.9. The molecule has 1 aromatic rings. The fourth-order valence-electron chi connectivity index (χ4n) is 2.30. The van der Waals surface area contributed by atoms with E-state index < -0.39 is 0 Å². The summed E-state index contributed by atoms with van der Waals surface area (Å²) in [6.45, 7) is 4.09. The monoisotopic (exact) mass is 259 g/mol. The molecule has 3 nitrogen and oxygen atoms in total. The highest BCUT2D eigenvalue weighted by Gasteiger charge is 2.20. The molecule has 104 valence electrons. The van der Waals surface area contributed by atoms with E-state index in [1.54, 1.807) is 0 Å². The minimum absolute atomic E-state index is 0.899. The van der Waals surface area contributed by atoms with Crippen LogP contribution in [-0.4, -0.2) is 31.5 Å². The summed E-state index contributed by atoms with van der Waals surface area (Å²) >= 11 is 0. The normalized spacial score (nSPS) is 15.4. The van der Waals surface area contributed by atoms with E-state index >= 15 is 0 Å². The summed E-state index contributed by atoms with van der Waals surface area (Å²) in [5, 5.41) is 3.46. The van der Waals surface area contributed by atoms with Crippen molar-refractivity contribution in [2.75, 3.05) is 20.6 Å². The van der Waals surface area contributed by atoms with E-state index in [0.717, 1.165) is 25.0 Å². The van der Waals surface area contributed by atoms with Crippen LogP contribution >= 0.6 is 0 Å². The molecule has 2 rings (SSSR count). The van der Waals surface area contributed by atoms with Crippen molar-refractivity contribution in [3.63, 3.8) is 0 Å². The third-order valence-electron chi connectivity index (χ3n) is 3.77. The largest absolute Gasteiger partial charge is 0.356 e.